The summed E-state index contributed by atoms with van der Waals surface area (Å²) in [5.41, 5.74) is 3.27. The topological polar surface area (TPSA) is 64.1 Å². The fourth-order valence-corrected chi connectivity index (χ4v) is 3.38. The molecular formula is C22H17N3O2S. The number of thiazole rings is 1. The molecule has 0 aliphatic heterocycles. The number of anilines is 1. The van der Waals surface area contributed by atoms with Crippen molar-refractivity contribution in [2.75, 3.05) is 5.32 Å². The largest absolute Gasteiger partial charge is 0.488 e. The van der Waals surface area contributed by atoms with E-state index in [9.17, 15) is 4.79 Å². The Morgan fingerprint density at radius 1 is 0.964 bits per heavy atom. The lowest BCUT2D eigenvalue weighted by Gasteiger charge is -2.11. The lowest BCUT2D eigenvalue weighted by Crippen LogP contribution is -2.13. The van der Waals surface area contributed by atoms with Gasteiger partial charge in [0.05, 0.1) is 11.3 Å². The first-order valence-electron chi connectivity index (χ1n) is 8.72. The van der Waals surface area contributed by atoms with E-state index in [1.54, 1.807) is 24.5 Å². The molecule has 0 atom stereocenters. The molecule has 0 radical (unpaired) electrons. The van der Waals surface area contributed by atoms with E-state index in [4.69, 9.17) is 4.74 Å². The van der Waals surface area contributed by atoms with E-state index in [1.165, 1.54) is 11.3 Å². The second-order valence-electron chi connectivity index (χ2n) is 6.00. The molecule has 0 saturated heterocycles. The number of hydrogen-bond donors (Lipinski definition) is 1. The lowest BCUT2D eigenvalue weighted by atomic mass is 10.2. The Hall–Kier alpha value is -3.51. The van der Waals surface area contributed by atoms with E-state index in [1.807, 2.05) is 60.0 Å². The van der Waals surface area contributed by atoms with E-state index in [0.29, 0.717) is 23.1 Å². The number of rotatable bonds is 6. The van der Waals surface area contributed by atoms with Crippen molar-refractivity contribution < 1.29 is 9.53 Å². The van der Waals surface area contributed by atoms with E-state index in [-0.39, 0.29) is 5.91 Å². The van der Waals surface area contributed by atoms with Gasteiger partial charge in [0.2, 0.25) is 0 Å². The minimum absolute atomic E-state index is 0.251. The van der Waals surface area contributed by atoms with Crippen molar-refractivity contribution in [2.24, 2.45) is 0 Å². The summed E-state index contributed by atoms with van der Waals surface area (Å²) < 4.78 is 5.87. The lowest BCUT2D eigenvalue weighted by molar-refractivity contribution is 0.102. The van der Waals surface area contributed by atoms with Crippen LogP contribution in [0.4, 0.5) is 5.13 Å². The number of aromatic nitrogens is 2. The number of para-hydroxylation sites is 1. The summed E-state index contributed by atoms with van der Waals surface area (Å²) in [5, 5.41) is 5.30. The summed E-state index contributed by atoms with van der Waals surface area (Å²) in [4.78, 5) is 21.3. The maximum Gasteiger partial charge on any atom is 0.261 e. The third kappa shape index (κ3) is 4.24. The van der Waals surface area contributed by atoms with Crippen LogP contribution in [0, 0.1) is 0 Å². The average Bonchev–Trinajstić information content (AvgIpc) is 3.22. The normalized spacial score (nSPS) is 10.4. The van der Waals surface area contributed by atoms with Crippen LogP contribution in [0.25, 0.3) is 11.3 Å². The average molecular weight is 387 g/mol. The number of nitrogens with one attached hydrogen (secondary N) is 1. The zero-order valence-electron chi connectivity index (χ0n) is 14.9. The molecule has 4 aromatic rings. The number of benzene rings is 2. The molecule has 0 fully saturated rings. The molecule has 138 valence electrons. The van der Waals surface area contributed by atoms with Crippen molar-refractivity contribution in [1.29, 1.82) is 0 Å². The number of hydrogen-bond acceptors (Lipinski definition) is 5. The van der Waals surface area contributed by atoms with Crippen LogP contribution in [-0.2, 0) is 6.61 Å². The molecule has 1 amide bonds. The third-order valence-corrected chi connectivity index (χ3v) is 4.83. The zero-order chi connectivity index (χ0) is 19.2. The number of pyridine rings is 1. The number of carbonyl (C=O) groups is 1. The van der Waals surface area contributed by atoms with E-state index < -0.39 is 0 Å². The molecule has 0 aliphatic rings. The highest BCUT2D eigenvalue weighted by molar-refractivity contribution is 7.14. The Morgan fingerprint density at radius 3 is 2.54 bits per heavy atom. The zero-order valence-corrected chi connectivity index (χ0v) is 15.7. The molecule has 4 rings (SSSR count). The molecule has 0 aliphatic carbocycles. The van der Waals surface area contributed by atoms with Crippen molar-refractivity contribution in [1.82, 2.24) is 9.97 Å². The molecule has 0 unspecified atom stereocenters. The maximum absolute atomic E-state index is 12.8. The smallest absolute Gasteiger partial charge is 0.261 e. The summed E-state index contributed by atoms with van der Waals surface area (Å²) in [6, 6.07) is 20.8. The Labute approximate surface area is 166 Å². The summed E-state index contributed by atoms with van der Waals surface area (Å²) in [6.07, 6.45) is 3.43. The predicted octanol–water partition coefficient (Wildman–Crippen LogP) is 5.04. The molecule has 0 spiro atoms. The quantitative estimate of drug-likeness (QED) is 0.504. The van der Waals surface area contributed by atoms with Crippen molar-refractivity contribution in [3.63, 3.8) is 0 Å². The van der Waals surface area contributed by atoms with Crippen LogP contribution in [0.5, 0.6) is 5.75 Å². The first-order valence-corrected chi connectivity index (χ1v) is 9.60. The monoisotopic (exact) mass is 387 g/mol. The van der Waals surface area contributed by atoms with Gasteiger partial charge in [-0.1, -0.05) is 42.5 Å². The van der Waals surface area contributed by atoms with Crippen molar-refractivity contribution in [3.8, 4) is 17.0 Å². The van der Waals surface area contributed by atoms with Gasteiger partial charge in [-0.05, 0) is 29.8 Å². The van der Waals surface area contributed by atoms with Gasteiger partial charge in [0, 0.05) is 23.3 Å². The van der Waals surface area contributed by atoms with Crippen molar-refractivity contribution >= 4 is 22.4 Å². The Bertz CT molecular complexity index is 1070. The van der Waals surface area contributed by atoms with Crippen molar-refractivity contribution in [2.45, 2.75) is 6.61 Å². The van der Waals surface area contributed by atoms with Gasteiger partial charge >= 0.3 is 0 Å². The number of ether oxygens (including phenoxy) is 1. The van der Waals surface area contributed by atoms with Crippen LogP contribution < -0.4 is 10.1 Å². The van der Waals surface area contributed by atoms with Gasteiger partial charge in [0.25, 0.3) is 5.91 Å². The van der Waals surface area contributed by atoms with Crippen LogP contribution in [0.15, 0.2) is 84.5 Å². The number of amides is 1. The molecule has 2 heterocycles. The van der Waals surface area contributed by atoms with Crippen LogP contribution in [-0.4, -0.2) is 15.9 Å². The molecule has 6 heteroatoms. The summed E-state index contributed by atoms with van der Waals surface area (Å²) in [7, 11) is 0. The van der Waals surface area contributed by atoms with E-state index >= 15 is 0 Å². The summed E-state index contributed by atoms with van der Waals surface area (Å²) in [5.74, 6) is 0.286. The summed E-state index contributed by atoms with van der Waals surface area (Å²) in [6.45, 7) is 0.397. The second-order valence-corrected chi connectivity index (χ2v) is 6.86. The highest BCUT2D eigenvalue weighted by Gasteiger charge is 2.14. The molecule has 5 nitrogen and oxygen atoms in total. The molecule has 0 bridgehead atoms. The van der Waals surface area contributed by atoms with Crippen LogP contribution in [0.1, 0.15) is 15.9 Å². The fourth-order valence-electron chi connectivity index (χ4n) is 2.67. The molecule has 2 aromatic heterocycles. The van der Waals surface area contributed by atoms with Gasteiger partial charge in [-0.15, -0.1) is 11.3 Å². The molecule has 2 aromatic carbocycles. The molecule has 1 N–H and O–H groups in total. The van der Waals surface area contributed by atoms with E-state index in [2.05, 4.69) is 15.3 Å². The highest BCUT2D eigenvalue weighted by Crippen LogP contribution is 2.26. The van der Waals surface area contributed by atoms with Gasteiger partial charge in [0.15, 0.2) is 5.13 Å². The Kier molecular flexibility index (Phi) is 5.40. The summed E-state index contributed by atoms with van der Waals surface area (Å²) >= 11 is 1.38. The standard InChI is InChI=1S/C22H17N3O2S/c26-21(25-22-24-19(15-28-22)17-10-12-23-13-11-17)18-8-4-5-9-20(18)27-14-16-6-2-1-3-7-16/h1-13,15H,14H2,(H,24,25,26). The van der Waals surface area contributed by atoms with Gasteiger partial charge in [-0.3, -0.25) is 15.1 Å². The van der Waals surface area contributed by atoms with Crippen LogP contribution in [0.3, 0.4) is 0 Å². The van der Waals surface area contributed by atoms with Gasteiger partial charge in [-0.25, -0.2) is 4.98 Å². The Morgan fingerprint density at radius 2 is 1.71 bits per heavy atom. The SMILES string of the molecule is O=C(Nc1nc(-c2ccncc2)cs1)c1ccccc1OCc1ccccc1. The van der Waals surface area contributed by atoms with Crippen LogP contribution >= 0.6 is 11.3 Å². The first kappa shape index (κ1) is 17.9. The van der Waals surface area contributed by atoms with Gasteiger partial charge in [-0.2, -0.15) is 0 Å². The molecular weight excluding hydrogens is 370 g/mol. The van der Waals surface area contributed by atoms with Gasteiger partial charge in [0.1, 0.15) is 12.4 Å². The molecule has 0 saturated carbocycles. The number of nitrogens with zero attached hydrogens (tertiary/aromatic N) is 2. The maximum atomic E-state index is 12.8. The predicted molar refractivity (Wildman–Crippen MR) is 111 cm³/mol. The fraction of sp³-hybridized carbons (Fsp3) is 0.0455. The van der Waals surface area contributed by atoms with Gasteiger partial charge < -0.3 is 4.74 Å². The third-order valence-electron chi connectivity index (χ3n) is 4.07. The van der Waals surface area contributed by atoms with Crippen molar-refractivity contribution in [3.05, 3.63) is 95.6 Å². The second kappa shape index (κ2) is 8.45. The highest BCUT2D eigenvalue weighted by atomic mass is 32.1. The minimum Gasteiger partial charge on any atom is -0.488 e. The first-order chi connectivity index (χ1) is 13.8. The van der Waals surface area contributed by atoms with E-state index in [0.717, 1.165) is 16.8 Å². The number of carbonyl (C=O) groups excluding carboxylic acids is 1. The Balaban J connectivity index is 1.47. The van der Waals surface area contributed by atoms with Crippen LogP contribution in [0.2, 0.25) is 0 Å². The molecule has 28 heavy (non-hydrogen) atoms. The minimum atomic E-state index is -0.251.